The fourth-order valence-electron chi connectivity index (χ4n) is 2.93. The molecule has 1 aliphatic rings. The zero-order valence-corrected chi connectivity index (χ0v) is 14.3. The molecule has 1 amide bonds. The van der Waals surface area contributed by atoms with E-state index >= 15 is 0 Å². The number of nitrogens with zero attached hydrogens (tertiary/aromatic N) is 2. The lowest BCUT2D eigenvalue weighted by molar-refractivity contribution is -0.124. The van der Waals surface area contributed by atoms with Crippen molar-refractivity contribution in [3.05, 3.63) is 0 Å². The lowest BCUT2D eigenvalue weighted by atomic mass is 9.92. The van der Waals surface area contributed by atoms with Crippen molar-refractivity contribution < 1.29 is 4.79 Å². The second-order valence-corrected chi connectivity index (χ2v) is 6.71. The van der Waals surface area contributed by atoms with Crippen molar-refractivity contribution in [2.24, 2.45) is 5.73 Å². The average Bonchev–Trinajstić information content (AvgIpc) is 2.95. The predicted molar refractivity (Wildman–Crippen MR) is 88.3 cm³/mol. The van der Waals surface area contributed by atoms with Gasteiger partial charge in [0.25, 0.3) is 0 Å². The van der Waals surface area contributed by atoms with Gasteiger partial charge in [0.2, 0.25) is 5.91 Å². The maximum atomic E-state index is 11.8. The Hall–Kier alpha value is -0.650. The van der Waals surface area contributed by atoms with Gasteiger partial charge in [0.1, 0.15) is 0 Å². The van der Waals surface area contributed by atoms with E-state index in [1.165, 1.54) is 25.9 Å². The molecule has 2 atom stereocenters. The maximum absolute atomic E-state index is 11.8. The molecule has 21 heavy (non-hydrogen) atoms. The number of nitrogens with one attached hydrogen (secondary N) is 1. The number of likely N-dealkylation sites (N-methyl/N-ethyl adjacent to an activating group) is 1. The van der Waals surface area contributed by atoms with Crippen LogP contribution in [0.15, 0.2) is 0 Å². The highest BCUT2D eigenvalue weighted by Crippen LogP contribution is 2.16. The molecule has 1 saturated heterocycles. The molecule has 0 spiro atoms. The van der Waals surface area contributed by atoms with Gasteiger partial charge in [0.05, 0.1) is 5.54 Å². The molecule has 0 aromatic rings. The van der Waals surface area contributed by atoms with Gasteiger partial charge >= 0.3 is 0 Å². The van der Waals surface area contributed by atoms with Crippen molar-refractivity contribution in [3.8, 4) is 0 Å². The van der Waals surface area contributed by atoms with Gasteiger partial charge < -0.3 is 20.9 Å². The van der Waals surface area contributed by atoms with E-state index < -0.39 is 5.54 Å². The van der Waals surface area contributed by atoms with Crippen LogP contribution in [0.1, 0.15) is 46.5 Å². The summed E-state index contributed by atoms with van der Waals surface area (Å²) in [6.45, 7) is 11.7. The standard InChI is InChI=1S/C16H34N4O/c1-5-8-18-16(3,15(17)21)13-14(2)19(4)11-12-20-9-6-7-10-20/h14,18H,5-13H2,1-4H3,(H2,17,21). The van der Waals surface area contributed by atoms with Crippen LogP contribution < -0.4 is 11.1 Å². The lowest BCUT2D eigenvalue weighted by Gasteiger charge is -2.35. The predicted octanol–water partition coefficient (Wildman–Crippen LogP) is 1.04. The van der Waals surface area contributed by atoms with E-state index in [9.17, 15) is 4.79 Å². The summed E-state index contributed by atoms with van der Waals surface area (Å²) >= 11 is 0. The molecule has 3 N–H and O–H groups in total. The first-order chi connectivity index (χ1) is 9.89. The van der Waals surface area contributed by atoms with E-state index in [1.807, 2.05) is 6.92 Å². The Balaban J connectivity index is 2.43. The largest absolute Gasteiger partial charge is 0.368 e. The third kappa shape index (κ3) is 5.93. The molecule has 5 heteroatoms. The zero-order valence-electron chi connectivity index (χ0n) is 14.3. The van der Waals surface area contributed by atoms with Gasteiger partial charge in [-0.15, -0.1) is 0 Å². The quantitative estimate of drug-likeness (QED) is 0.632. The van der Waals surface area contributed by atoms with Crippen LogP contribution in [0.2, 0.25) is 0 Å². The minimum absolute atomic E-state index is 0.254. The van der Waals surface area contributed by atoms with Crippen LogP contribution in [0.25, 0.3) is 0 Å². The van der Waals surface area contributed by atoms with Gasteiger partial charge in [0, 0.05) is 19.1 Å². The minimum atomic E-state index is -0.614. The Morgan fingerprint density at radius 3 is 2.57 bits per heavy atom. The van der Waals surface area contributed by atoms with Crippen molar-refractivity contribution in [3.63, 3.8) is 0 Å². The highest BCUT2D eigenvalue weighted by atomic mass is 16.1. The summed E-state index contributed by atoms with van der Waals surface area (Å²) in [7, 11) is 2.14. The molecule has 0 radical (unpaired) electrons. The highest BCUT2D eigenvalue weighted by Gasteiger charge is 2.33. The molecule has 5 nitrogen and oxygen atoms in total. The van der Waals surface area contributed by atoms with Crippen molar-refractivity contribution >= 4 is 5.91 Å². The summed E-state index contributed by atoms with van der Waals surface area (Å²) < 4.78 is 0. The first-order valence-corrected chi connectivity index (χ1v) is 8.36. The van der Waals surface area contributed by atoms with Gasteiger partial charge in [-0.05, 0) is 66.2 Å². The van der Waals surface area contributed by atoms with Crippen molar-refractivity contribution in [2.75, 3.05) is 39.8 Å². The Morgan fingerprint density at radius 1 is 1.43 bits per heavy atom. The number of hydrogen-bond donors (Lipinski definition) is 2. The number of amides is 1. The molecule has 0 saturated carbocycles. The van der Waals surface area contributed by atoms with Crippen molar-refractivity contribution in [1.82, 2.24) is 15.1 Å². The molecule has 1 heterocycles. The molecule has 0 aliphatic carbocycles. The van der Waals surface area contributed by atoms with Gasteiger partial charge in [-0.25, -0.2) is 0 Å². The molecule has 1 fully saturated rings. The summed E-state index contributed by atoms with van der Waals surface area (Å²) in [5.74, 6) is -0.254. The highest BCUT2D eigenvalue weighted by molar-refractivity contribution is 5.84. The van der Waals surface area contributed by atoms with Crippen LogP contribution in [0.4, 0.5) is 0 Å². The number of hydrogen-bond acceptors (Lipinski definition) is 4. The summed E-state index contributed by atoms with van der Waals surface area (Å²) in [5.41, 5.74) is 4.99. The van der Waals surface area contributed by atoms with Gasteiger partial charge in [-0.1, -0.05) is 6.92 Å². The second-order valence-electron chi connectivity index (χ2n) is 6.71. The molecule has 0 bridgehead atoms. The van der Waals surface area contributed by atoms with E-state index in [1.54, 1.807) is 0 Å². The van der Waals surface area contributed by atoms with Crippen LogP contribution >= 0.6 is 0 Å². The normalized spacial score (nSPS) is 20.6. The van der Waals surface area contributed by atoms with Crippen LogP contribution in [-0.2, 0) is 4.79 Å². The smallest absolute Gasteiger partial charge is 0.237 e. The molecular weight excluding hydrogens is 264 g/mol. The number of primary amides is 1. The van der Waals surface area contributed by atoms with E-state index in [4.69, 9.17) is 5.73 Å². The number of nitrogens with two attached hydrogens (primary N) is 1. The lowest BCUT2D eigenvalue weighted by Crippen LogP contribution is -2.56. The number of carbonyl (C=O) groups excluding carboxylic acids is 1. The average molecular weight is 298 g/mol. The Morgan fingerprint density at radius 2 is 2.05 bits per heavy atom. The monoisotopic (exact) mass is 298 g/mol. The molecule has 1 aliphatic heterocycles. The number of likely N-dealkylation sites (tertiary alicyclic amines) is 1. The first-order valence-electron chi connectivity index (χ1n) is 8.36. The molecule has 2 unspecified atom stereocenters. The van der Waals surface area contributed by atoms with Crippen LogP contribution in [0.5, 0.6) is 0 Å². The second kappa shape index (κ2) is 8.71. The summed E-state index contributed by atoms with van der Waals surface area (Å²) in [5, 5.41) is 3.32. The fraction of sp³-hybridized carbons (Fsp3) is 0.938. The van der Waals surface area contributed by atoms with Crippen molar-refractivity contribution in [2.45, 2.75) is 58.0 Å². The van der Waals surface area contributed by atoms with Crippen LogP contribution in [-0.4, -0.2) is 67.1 Å². The Kier molecular flexibility index (Phi) is 7.63. The zero-order chi connectivity index (χ0) is 15.9. The van der Waals surface area contributed by atoms with E-state index in [2.05, 4.69) is 36.0 Å². The Labute approximate surface area is 130 Å². The summed E-state index contributed by atoms with van der Waals surface area (Å²) in [4.78, 5) is 16.6. The molecule has 1 rings (SSSR count). The number of carbonyl (C=O) groups is 1. The van der Waals surface area contributed by atoms with Crippen LogP contribution in [0.3, 0.4) is 0 Å². The SMILES string of the molecule is CCCNC(C)(CC(C)N(C)CCN1CCCC1)C(N)=O. The maximum Gasteiger partial charge on any atom is 0.237 e. The molecule has 0 aromatic heterocycles. The Bertz CT molecular complexity index is 317. The van der Waals surface area contributed by atoms with Crippen molar-refractivity contribution in [1.29, 1.82) is 0 Å². The van der Waals surface area contributed by atoms with Gasteiger partial charge in [-0.3, -0.25) is 4.79 Å². The third-order valence-electron chi connectivity index (χ3n) is 4.73. The third-order valence-corrected chi connectivity index (χ3v) is 4.73. The molecular formula is C16H34N4O. The first kappa shape index (κ1) is 18.4. The topological polar surface area (TPSA) is 61.6 Å². The molecule has 124 valence electrons. The van der Waals surface area contributed by atoms with E-state index in [0.717, 1.165) is 32.5 Å². The fourth-order valence-corrected chi connectivity index (χ4v) is 2.93. The van der Waals surface area contributed by atoms with E-state index in [0.29, 0.717) is 6.04 Å². The van der Waals surface area contributed by atoms with E-state index in [-0.39, 0.29) is 5.91 Å². The summed E-state index contributed by atoms with van der Waals surface area (Å²) in [6.07, 6.45) is 4.42. The van der Waals surface area contributed by atoms with Gasteiger partial charge in [0.15, 0.2) is 0 Å². The minimum Gasteiger partial charge on any atom is -0.368 e. The summed E-state index contributed by atoms with van der Waals surface area (Å²) in [6, 6.07) is 0.328. The van der Waals surface area contributed by atoms with Crippen LogP contribution in [0, 0.1) is 0 Å². The number of rotatable bonds is 10. The molecule has 0 aromatic carbocycles. The van der Waals surface area contributed by atoms with Gasteiger partial charge in [-0.2, -0.15) is 0 Å².